The standard InChI is InChI=1S/C15H17N3O3/c1-11-5-3-4-6-13(11)21-10-9-16-14-8-7-12(17-18-14)15(19)20-2/h3-8H,9-10H2,1-2H3,(H,16,18). The van der Waals surface area contributed by atoms with Gasteiger partial charge in [0.25, 0.3) is 0 Å². The molecule has 1 aromatic carbocycles. The van der Waals surface area contributed by atoms with Crippen molar-refractivity contribution >= 4 is 11.8 Å². The Kier molecular flexibility index (Phi) is 5.09. The number of aryl methyl sites for hydroxylation is 1. The summed E-state index contributed by atoms with van der Waals surface area (Å²) in [5.41, 5.74) is 1.28. The molecule has 0 aliphatic heterocycles. The van der Waals surface area contributed by atoms with Crippen molar-refractivity contribution in [2.75, 3.05) is 25.6 Å². The SMILES string of the molecule is COC(=O)c1ccc(NCCOc2ccccc2C)nn1. The second-order valence-electron chi connectivity index (χ2n) is 4.34. The topological polar surface area (TPSA) is 73.3 Å². The van der Waals surface area contributed by atoms with Gasteiger partial charge >= 0.3 is 5.97 Å². The maximum absolute atomic E-state index is 11.2. The van der Waals surface area contributed by atoms with Crippen molar-refractivity contribution in [1.82, 2.24) is 10.2 Å². The van der Waals surface area contributed by atoms with Crippen LogP contribution in [-0.2, 0) is 4.74 Å². The number of carbonyl (C=O) groups excluding carboxylic acids is 1. The van der Waals surface area contributed by atoms with E-state index in [9.17, 15) is 4.79 Å². The van der Waals surface area contributed by atoms with E-state index in [1.54, 1.807) is 12.1 Å². The van der Waals surface area contributed by atoms with Crippen molar-refractivity contribution in [2.24, 2.45) is 0 Å². The molecule has 0 unspecified atom stereocenters. The number of anilines is 1. The van der Waals surface area contributed by atoms with Crippen LogP contribution in [-0.4, -0.2) is 36.4 Å². The molecular formula is C15H17N3O3. The van der Waals surface area contributed by atoms with Crippen LogP contribution in [0.1, 0.15) is 16.1 Å². The van der Waals surface area contributed by atoms with Gasteiger partial charge in [-0.05, 0) is 30.7 Å². The first-order chi connectivity index (χ1) is 10.2. The molecule has 2 aromatic rings. The molecule has 0 radical (unpaired) electrons. The summed E-state index contributed by atoms with van der Waals surface area (Å²) in [7, 11) is 1.30. The second kappa shape index (κ2) is 7.23. The van der Waals surface area contributed by atoms with Crippen LogP contribution in [0.4, 0.5) is 5.82 Å². The molecule has 1 heterocycles. The predicted octanol–water partition coefficient (Wildman–Crippen LogP) is 2.06. The minimum atomic E-state index is -0.503. The summed E-state index contributed by atoms with van der Waals surface area (Å²) in [5, 5.41) is 10.7. The van der Waals surface area contributed by atoms with Crippen LogP contribution in [0.2, 0.25) is 0 Å². The summed E-state index contributed by atoms with van der Waals surface area (Å²) < 4.78 is 10.2. The molecule has 2 rings (SSSR count). The number of ether oxygens (including phenoxy) is 2. The number of rotatable bonds is 6. The lowest BCUT2D eigenvalue weighted by molar-refractivity contribution is 0.0593. The van der Waals surface area contributed by atoms with Gasteiger partial charge in [0.05, 0.1) is 13.7 Å². The van der Waals surface area contributed by atoms with Crippen molar-refractivity contribution in [2.45, 2.75) is 6.92 Å². The number of benzene rings is 1. The Balaban J connectivity index is 1.79. The highest BCUT2D eigenvalue weighted by Gasteiger charge is 2.07. The normalized spacial score (nSPS) is 10.0. The second-order valence-corrected chi connectivity index (χ2v) is 4.34. The summed E-state index contributed by atoms with van der Waals surface area (Å²) in [6.07, 6.45) is 0. The third kappa shape index (κ3) is 4.17. The molecule has 0 aliphatic rings. The number of carbonyl (C=O) groups is 1. The molecule has 0 saturated carbocycles. The lowest BCUT2D eigenvalue weighted by Crippen LogP contribution is -2.14. The first kappa shape index (κ1) is 14.8. The van der Waals surface area contributed by atoms with Crippen molar-refractivity contribution in [3.63, 3.8) is 0 Å². The van der Waals surface area contributed by atoms with Gasteiger partial charge in [0.2, 0.25) is 0 Å². The number of nitrogens with one attached hydrogen (secondary N) is 1. The molecule has 0 saturated heterocycles. The lowest BCUT2D eigenvalue weighted by atomic mass is 10.2. The highest BCUT2D eigenvalue weighted by atomic mass is 16.5. The van der Waals surface area contributed by atoms with E-state index in [0.717, 1.165) is 11.3 Å². The van der Waals surface area contributed by atoms with Crippen LogP contribution in [0, 0.1) is 6.92 Å². The van der Waals surface area contributed by atoms with Crippen LogP contribution in [0.5, 0.6) is 5.75 Å². The van der Waals surface area contributed by atoms with Crippen molar-refractivity contribution in [1.29, 1.82) is 0 Å². The summed E-state index contributed by atoms with van der Waals surface area (Å²) in [4.78, 5) is 11.2. The van der Waals surface area contributed by atoms with Crippen LogP contribution < -0.4 is 10.1 Å². The molecule has 0 aliphatic carbocycles. The Morgan fingerprint density at radius 3 is 2.67 bits per heavy atom. The van der Waals surface area contributed by atoms with Crippen molar-refractivity contribution < 1.29 is 14.3 Å². The largest absolute Gasteiger partial charge is 0.491 e. The fourth-order valence-corrected chi connectivity index (χ4v) is 1.70. The zero-order valence-electron chi connectivity index (χ0n) is 12.0. The summed E-state index contributed by atoms with van der Waals surface area (Å²) in [6, 6.07) is 11.1. The van der Waals surface area contributed by atoms with Gasteiger partial charge in [-0.15, -0.1) is 10.2 Å². The molecule has 1 N–H and O–H groups in total. The van der Waals surface area contributed by atoms with Gasteiger partial charge < -0.3 is 14.8 Å². The van der Waals surface area contributed by atoms with E-state index in [0.29, 0.717) is 19.0 Å². The molecule has 6 nitrogen and oxygen atoms in total. The minimum Gasteiger partial charge on any atom is -0.491 e. The van der Waals surface area contributed by atoms with Gasteiger partial charge in [0, 0.05) is 0 Å². The highest BCUT2D eigenvalue weighted by molar-refractivity contribution is 5.86. The number of hydrogen-bond donors (Lipinski definition) is 1. The van der Waals surface area contributed by atoms with Gasteiger partial charge in [0.1, 0.15) is 18.2 Å². The maximum atomic E-state index is 11.2. The molecule has 6 heteroatoms. The van der Waals surface area contributed by atoms with Gasteiger partial charge in [-0.25, -0.2) is 4.79 Å². The van der Waals surface area contributed by atoms with Crippen LogP contribution in [0.3, 0.4) is 0 Å². The van der Waals surface area contributed by atoms with Crippen molar-refractivity contribution in [3.8, 4) is 5.75 Å². The van der Waals surface area contributed by atoms with E-state index >= 15 is 0 Å². The van der Waals surface area contributed by atoms with Gasteiger partial charge in [-0.2, -0.15) is 0 Å². The molecule has 0 bridgehead atoms. The van der Waals surface area contributed by atoms with E-state index in [1.807, 2.05) is 31.2 Å². The van der Waals surface area contributed by atoms with Crippen LogP contribution in [0.15, 0.2) is 36.4 Å². The summed E-state index contributed by atoms with van der Waals surface area (Å²) in [6.45, 7) is 3.09. The zero-order valence-corrected chi connectivity index (χ0v) is 12.0. The lowest BCUT2D eigenvalue weighted by Gasteiger charge is -2.09. The molecule has 21 heavy (non-hydrogen) atoms. The van der Waals surface area contributed by atoms with Crippen LogP contribution in [0.25, 0.3) is 0 Å². The third-order valence-corrected chi connectivity index (χ3v) is 2.82. The molecule has 0 spiro atoms. The minimum absolute atomic E-state index is 0.180. The number of para-hydroxylation sites is 1. The number of esters is 1. The van der Waals surface area contributed by atoms with Crippen molar-refractivity contribution in [3.05, 3.63) is 47.7 Å². The van der Waals surface area contributed by atoms with Crippen LogP contribution >= 0.6 is 0 Å². The average Bonchev–Trinajstić information content (AvgIpc) is 2.53. The number of methoxy groups -OCH3 is 1. The fourth-order valence-electron chi connectivity index (χ4n) is 1.70. The summed E-state index contributed by atoms with van der Waals surface area (Å²) >= 11 is 0. The molecular weight excluding hydrogens is 270 g/mol. The van der Waals surface area contributed by atoms with E-state index in [-0.39, 0.29) is 5.69 Å². The Morgan fingerprint density at radius 2 is 2.00 bits per heavy atom. The predicted molar refractivity (Wildman–Crippen MR) is 78.5 cm³/mol. The Morgan fingerprint density at radius 1 is 1.19 bits per heavy atom. The molecule has 1 aromatic heterocycles. The Hall–Kier alpha value is -2.63. The first-order valence-electron chi connectivity index (χ1n) is 6.55. The quantitative estimate of drug-likeness (QED) is 0.647. The van der Waals surface area contributed by atoms with E-state index in [1.165, 1.54) is 7.11 Å². The third-order valence-electron chi connectivity index (χ3n) is 2.82. The number of aromatic nitrogens is 2. The number of hydrogen-bond acceptors (Lipinski definition) is 6. The number of nitrogens with zero attached hydrogens (tertiary/aromatic N) is 2. The summed E-state index contributed by atoms with van der Waals surface area (Å²) in [5.74, 6) is 0.944. The Bertz CT molecular complexity index is 599. The molecule has 0 atom stereocenters. The fraction of sp³-hybridized carbons (Fsp3) is 0.267. The van der Waals surface area contributed by atoms with Gasteiger partial charge in [0.15, 0.2) is 5.69 Å². The average molecular weight is 287 g/mol. The first-order valence-corrected chi connectivity index (χ1v) is 6.55. The highest BCUT2D eigenvalue weighted by Crippen LogP contribution is 2.15. The maximum Gasteiger partial charge on any atom is 0.358 e. The van der Waals surface area contributed by atoms with E-state index in [4.69, 9.17) is 4.74 Å². The Labute approximate surface area is 123 Å². The molecule has 0 fully saturated rings. The smallest absolute Gasteiger partial charge is 0.358 e. The monoisotopic (exact) mass is 287 g/mol. The van der Waals surface area contributed by atoms with Gasteiger partial charge in [-0.3, -0.25) is 0 Å². The van der Waals surface area contributed by atoms with E-state index in [2.05, 4.69) is 20.3 Å². The van der Waals surface area contributed by atoms with E-state index < -0.39 is 5.97 Å². The van der Waals surface area contributed by atoms with Gasteiger partial charge in [-0.1, -0.05) is 18.2 Å². The zero-order chi connectivity index (χ0) is 15.1. The molecule has 0 amide bonds. The molecule has 110 valence electrons.